The highest BCUT2D eigenvalue weighted by atomic mass is 32.2. The van der Waals surface area contributed by atoms with Crippen molar-refractivity contribution < 1.29 is 4.79 Å². The molecule has 180 valence electrons. The van der Waals surface area contributed by atoms with Crippen molar-refractivity contribution in [3.63, 3.8) is 0 Å². The number of nitrogens with zero attached hydrogens (tertiary/aromatic N) is 1. The molecule has 2 heterocycles. The number of thioether (sulfide) groups is 1. The van der Waals surface area contributed by atoms with Gasteiger partial charge in [0.2, 0.25) is 0 Å². The molecular weight excluding hydrogens is 440 g/mol. The molecule has 6 heteroatoms. The number of unbranched alkanes of at least 4 members (excludes halogenated alkanes) is 1. The Morgan fingerprint density at radius 2 is 2.06 bits per heavy atom. The lowest BCUT2D eigenvalue weighted by atomic mass is 9.92. The van der Waals surface area contributed by atoms with E-state index < -0.39 is 0 Å². The second-order valence-electron chi connectivity index (χ2n) is 9.41. The van der Waals surface area contributed by atoms with Gasteiger partial charge in [0.1, 0.15) is 0 Å². The van der Waals surface area contributed by atoms with E-state index in [2.05, 4.69) is 71.9 Å². The number of hydrogen-bond acceptors (Lipinski definition) is 3. The van der Waals surface area contributed by atoms with Crippen LogP contribution in [0.25, 0.3) is 10.9 Å². The Balaban J connectivity index is 1.44. The van der Waals surface area contributed by atoms with Crippen LogP contribution in [0.3, 0.4) is 0 Å². The van der Waals surface area contributed by atoms with Crippen molar-refractivity contribution in [1.82, 2.24) is 9.88 Å². The molecule has 2 amide bonds. The number of anilines is 2. The summed E-state index contributed by atoms with van der Waals surface area (Å²) in [6.07, 6.45) is 10.1. The van der Waals surface area contributed by atoms with Crippen molar-refractivity contribution in [2.45, 2.75) is 50.8 Å². The molecule has 1 unspecified atom stereocenters. The number of urea groups is 1. The van der Waals surface area contributed by atoms with Crippen molar-refractivity contribution in [2.75, 3.05) is 29.5 Å². The summed E-state index contributed by atoms with van der Waals surface area (Å²) in [7, 11) is 0. The molecule has 0 saturated heterocycles. The van der Waals surface area contributed by atoms with E-state index in [4.69, 9.17) is 0 Å². The molecule has 3 aromatic rings. The molecule has 0 fully saturated rings. The van der Waals surface area contributed by atoms with Gasteiger partial charge >= 0.3 is 6.03 Å². The highest BCUT2D eigenvalue weighted by Gasteiger charge is 2.19. The summed E-state index contributed by atoms with van der Waals surface area (Å²) >= 11 is 1.79. The number of amides is 2. The van der Waals surface area contributed by atoms with E-state index in [-0.39, 0.29) is 6.03 Å². The number of allylic oxidation sites excluding steroid dienone is 1. The average molecular weight is 477 g/mol. The van der Waals surface area contributed by atoms with E-state index in [1.165, 1.54) is 17.4 Å². The van der Waals surface area contributed by atoms with Crippen LogP contribution in [0.5, 0.6) is 0 Å². The van der Waals surface area contributed by atoms with Gasteiger partial charge in [-0.3, -0.25) is 0 Å². The van der Waals surface area contributed by atoms with Crippen LogP contribution < -0.4 is 10.6 Å². The third-order valence-corrected chi connectivity index (χ3v) is 7.28. The molecule has 3 N–H and O–H groups in total. The van der Waals surface area contributed by atoms with Gasteiger partial charge in [-0.15, -0.1) is 11.8 Å². The zero-order valence-corrected chi connectivity index (χ0v) is 21.3. The Morgan fingerprint density at radius 1 is 1.21 bits per heavy atom. The molecule has 0 radical (unpaired) electrons. The Bertz CT molecular complexity index is 1140. The molecule has 2 aromatic carbocycles. The van der Waals surface area contributed by atoms with Crippen LogP contribution in [0.1, 0.15) is 51.5 Å². The fourth-order valence-electron chi connectivity index (χ4n) is 4.42. The molecule has 1 aliphatic heterocycles. The van der Waals surface area contributed by atoms with Gasteiger partial charge in [-0.2, -0.15) is 0 Å². The van der Waals surface area contributed by atoms with Gasteiger partial charge in [0.15, 0.2) is 0 Å². The number of nitrogens with one attached hydrogen (secondary N) is 3. The number of carbonyl (C=O) groups is 1. The van der Waals surface area contributed by atoms with Gasteiger partial charge in [-0.05, 0) is 66.6 Å². The number of para-hydroxylation sites is 1. The standard InChI is InChI=1S/C28H36N4OS/c1-4-5-16-34-27-9-7-6-8-26(27)31-28(33)30-22-10-11-25-23(17-22)24(18-29-25)21-12-14-32(15-13-21)19-20(2)3/h6-12,14,17-18,20-21,29H,4-5,13,15-16,19H2,1-3H3,(H2,30,31,33). The zero-order valence-electron chi connectivity index (χ0n) is 20.4. The van der Waals surface area contributed by atoms with Crippen LogP contribution in [-0.2, 0) is 0 Å². The molecule has 0 saturated carbocycles. The summed E-state index contributed by atoms with van der Waals surface area (Å²) in [6, 6.07) is 13.8. The SMILES string of the molecule is CCCCSc1ccccc1NC(=O)Nc1ccc2[nH]cc(C3C=CN(CC(C)C)CC3)c2c1. The summed E-state index contributed by atoms with van der Waals surface area (Å²) < 4.78 is 0. The minimum Gasteiger partial charge on any atom is -0.377 e. The van der Waals surface area contributed by atoms with Crippen LogP contribution >= 0.6 is 11.8 Å². The maximum absolute atomic E-state index is 12.8. The number of rotatable bonds is 9. The Hall–Kier alpha value is -2.86. The van der Waals surface area contributed by atoms with E-state index >= 15 is 0 Å². The summed E-state index contributed by atoms with van der Waals surface area (Å²) in [5, 5.41) is 7.22. The first-order chi connectivity index (χ1) is 16.5. The van der Waals surface area contributed by atoms with Gasteiger partial charge in [0.25, 0.3) is 0 Å². The maximum atomic E-state index is 12.8. The molecule has 0 aliphatic carbocycles. The number of hydrogen-bond donors (Lipinski definition) is 3. The fourth-order valence-corrected chi connectivity index (χ4v) is 5.52. The maximum Gasteiger partial charge on any atom is 0.323 e. The third kappa shape index (κ3) is 6.17. The molecule has 34 heavy (non-hydrogen) atoms. The van der Waals surface area contributed by atoms with E-state index in [0.717, 1.165) is 53.5 Å². The number of carbonyl (C=O) groups excluding carboxylic acids is 1. The zero-order chi connectivity index (χ0) is 23.9. The largest absolute Gasteiger partial charge is 0.377 e. The first-order valence-electron chi connectivity index (χ1n) is 12.4. The van der Waals surface area contributed by atoms with Crippen LogP contribution in [0.4, 0.5) is 16.2 Å². The van der Waals surface area contributed by atoms with E-state index in [1.807, 2.05) is 30.3 Å². The monoisotopic (exact) mass is 476 g/mol. The van der Waals surface area contributed by atoms with Crippen molar-refractivity contribution in [2.24, 2.45) is 5.92 Å². The number of aromatic nitrogens is 1. The number of H-pyrrole nitrogens is 1. The van der Waals surface area contributed by atoms with Crippen molar-refractivity contribution in [1.29, 1.82) is 0 Å². The Morgan fingerprint density at radius 3 is 2.82 bits per heavy atom. The summed E-state index contributed by atoms with van der Waals surface area (Å²) in [5.74, 6) is 2.10. The van der Waals surface area contributed by atoms with E-state index in [0.29, 0.717) is 11.8 Å². The molecule has 0 spiro atoms. The Labute approximate surface area is 207 Å². The number of fused-ring (bicyclic) bond motifs is 1. The molecular formula is C28H36N4OS. The van der Waals surface area contributed by atoms with Crippen molar-refractivity contribution in [3.05, 3.63) is 66.5 Å². The Kier molecular flexibility index (Phi) is 8.22. The predicted molar refractivity (Wildman–Crippen MR) is 146 cm³/mol. The van der Waals surface area contributed by atoms with E-state index in [9.17, 15) is 4.79 Å². The van der Waals surface area contributed by atoms with Gasteiger partial charge < -0.3 is 20.5 Å². The fraction of sp³-hybridized carbons (Fsp3) is 0.393. The highest BCUT2D eigenvalue weighted by Crippen LogP contribution is 2.33. The molecule has 5 nitrogen and oxygen atoms in total. The van der Waals surface area contributed by atoms with Crippen molar-refractivity contribution in [3.8, 4) is 0 Å². The third-order valence-electron chi connectivity index (χ3n) is 6.12. The van der Waals surface area contributed by atoms with Gasteiger partial charge in [-0.25, -0.2) is 4.79 Å². The lowest BCUT2D eigenvalue weighted by Crippen LogP contribution is -2.27. The second kappa shape index (κ2) is 11.5. The number of aromatic amines is 1. The van der Waals surface area contributed by atoms with Crippen LogP contribution in [0.2, 0.25) is 0 Å². The minimum absolute atomic E-state index is 0.220. The smallest absolute Gasteiger partial charge is 0.323 e. The van der Waals surface area contributed by atoms with E-state index in [1.54, 1.807) is 11.8 Å². The molecule has 4 rings (SSSR count). The summed E-state index contributed by atoms with van der Waals surface area (Å²) in [5.41, 5.74) is 4.03. The molecule has 1 atom stereocenters. The van der Waals surface area contributed by atoms with Gasteiger partial charge in [0.05, 0.1) is 5.69 Å². The lowest BCUT2D eigenvalue weighted by molar-refractivity contribution is 0.262. The molecule has 1 aliphatic rings. The van der Waals surface area contributed by atoms with Gasteiger partial charge in [0, 0.05) is 46.7 Å². The van der Waals surface area contributed by atoms with Crippen LogP contribution in [0.15, 0.2) is 65.8 Å². The lowest BCUT2D eigenvalue weighted by Gasteiger charge is -2.29. The summed E-state index contributed by atoms with van der Waals surface area (Å²) in [4.78, 5) is 19.7. The molecule has 0 bridgehead atoms. The average Bonchev–Trinajstić information content (AvgIpc) is 3.24. The van der Waals surface area contributed by atoms with Gasteiger partial charge in [-0.1, -0.05) is 45.4 Å². The highest BCUT2D eigenvalue weighted by molar-refractivity contribution is 7.99. The predicted octanol–water partition coefficient (Wildman–Crippen LogP) is 7.66. The minimum atomic E-state index is -0.220. The number of benzene rings is 2. The second-order valence-corrected chi connectivity index (χ2v) is 10.5. The quantitative estimate of drug-likeness (QED) is 0.219. The normalized spacial score (nSPS) is 15.8. The van der Waals surface area contributed by atoms with Crippen LogP contribution in [-0.4, -0.2) is 34.8 Å². The van der Waals surface area contributed by atoms with Crippen molar-refractivity contribution >= 4 is 40.1 Å². The first-order valence-corrected chi connectivity index (χ1v) is 13.3. The summed E-state index contributed by atoms with van der Waals surface area (Å²) in [6.45, 7) is 8.88. The van der Waals surface area contributed by atoms with Crippen LogP contribution in [0, 0.1) is 5.92 Å². The first kappa shape index (κ1) is 24.3. The topological polar surface area (TPSA) is 60.2 Å². The molecule has 1 aromatic heterocycles.